The Hall–Kier alpha value is -2.12. The van der Waals surface area contributed by atoms with Crippen molar-refractivity contribution < 1.29 is 19.1 Å². The fourth-order valence-electron chi connectivity index (χ4n) is 1.52. The molecule has 1 aromatic carbocycles. The fraction of sp³-hybridized carbons (Fsp3) is 0.357. The molecule has 0 aromatic heterocycles. The number of carbonyl (C=O) groups is 2. The summed E-state index contributed by atoms with van der Waals surface area (Å²) in [5.41, 5.74) is 2.71. The topological polar surface area (TPSA) is 89.0 Å². The molecule has 120 valence electrons. The van der Waals surface area contributed by atoms with Crippen LogP contribution in [0.2, 0.25) is 5.02 Å². The molecule has 0 saturated carbocycles. The van der Waals surface area contributed by atoms with Gasteiger partial charge >= 0.3 is 11.8 Å². The van der Waals surface area contributed by atoms with Gasteiger partial charge in [-0.05, 0) is 24.6 Å². The average molecular weight is 328 g/mol. The SMILES string of the molecule is COCCCNC(=O)C(=O)N/N=C\c1cc(Cl)ccc1OC. The molecule has 0 spiro atoms. The number of hydrazone groups is 1. The highest BCUT2D eigenvalue weighted by Gasteiger charge is 2.11. The maximum absolute atomic E-state index is 11.5. The Kier molecular flexibility index (Phi) is 7.95. The van der Waals surface area contributed by atoms with E-state index in [1.165, 1.54) is 13.3 Å². The van der Waals surface area contributed by atoms with Crippen molar-refractivity contribution in [2.24, 2.45) is 5.10 Å². The molecule has 0 bridgehead atoms. The maximum Gasteiger partial charge on any atom is 0.329 e. The minimum atomic E-state index is -0.852. The van der Waals surface area contributed by atoms with Crippen molar-refractivity contribution in [2.45, 2.75) is 6.42 Å². The highest BCUT2D eigenvalue weighted by molar-refractivity contribution is 6.35. The Morgan fingerprint density at radius 2 is 2.09 bits per heavy atom. The second-order valence-corrected chi connectivity index (χ2v) is 4.62. The van der Waals surface area contributed by atoms with Crippen LogP contribution in [-0.2, 0) is 14.3 Å². The van der Waals surface area contributed by atoms with Gasteiger partial charge in [-0.3, -0.25) is 9.59 Å². The zero-order valence-electron chi connectivity index (χ0n) is 12.4. The van der Waals surface area contributed by atoms with E-state index in [0.29, 0.717) is 35.9 Å². The first-order valence-corrected chi connectivity index (χ1v) is 6.90. The largest absolute Gasteiger partial charge is 0.496 e. The van der Waals surface area contributed by atoms with Gasteiger partial charge in [-0.15, -0.1) is 0 Å². The Morgan fingerprint density at radius 3 is 2.77 bits per heavy atom. The summed E-state index contributed by atoms with van der Waals surface area (Å²) < 4.78 is 9.96. The molecule has 0 atom stereocenters. The summed E-state index contributed by atoms with van der Waals surface area (Å²) in [5, 5.41) is 6.66. The van der Waals surface area contributed by atoms with Crippen molar-refractivity contribution in [1.29, 1.82) is 0 Å². The number of methoxy groups -OCH3 is 2. The van der Waals surface area contributed by atoms with Gasteiger partial charge in [0.2, 0.25) is 0 Å². The molecule has 0 radical (unpaired) electrons. The van der Waals surface area contributed by atoms with Crippen LogP contribution < -0.4 is 15.5 Å². The first kappa shape index (κ1) is 17.9. The summed E-state index contributed by atoms with van der Waals surface area (Å²) in [5.74, 6) is -1.06. The van der Waals surface area contributed by atoms with Crippen molar-refractivity contribution in [3.63, 3.8) is 0 Å². The molecule has 8 heteroatoms. The van der Waals surface area contributed by atoms with Gasteiger partial charge in [-0.25, -0.2) is 5.43 Å². The second-order valence-electron chi connectivity index (χ2n) is 4.19. The van der Waals surface area contributed by atoms with Crippen LogP contribution in [0.1, 0.15) is 12.0 Å². The van der Waals surface area contributed by atoms with Crippen LogP contribution in [0.5, 0.6) is 5.75 Å². The first-order valence-electron chi connectivity index (χ1n) is 6.52. The molecule has 0 aliphatic carbocycles. The molecule has 1 rings (SSSR count). The maximum atomic E-state index is 11.5. The Morgan fingerprint density at radius 1 is 1.32 bits per heavy atom. The molecule has 1 aromatic rings. The molecule has 0 saturated heterocycles. The molecular weight excluding hydrogens is 310 g/mol. The highest BCUT2D eigenvalue weighted by atomic mass is 35.5. The smallest absolute Gasteiger partial charge is 0.329 e. The van der Waals surface area contributed by atoms with Crippen molar-refractivity contribution in [3.05, 3.63) is 28.8 Å². The highest BCUT2D eigenvalue weighted by Crippen LogP contribution is 2.20. The van der Waals surface area contributed by atoms with E-state index in [-0.39, 0.29) is 0 Å². The number of amides is 2. The summed E-state index contributed by atoms with van der Waals surface area (Å²) in [6, 6.07) is 4.97. The molecule has 22 heavy (non-hydrogen) atoms. The van der Waals surface area contributed by atoms with Crippen LogP contribution in [0.25, 0.3) is 0 Å². The van der Waals surface area contributed by atoms with Gasteiger partial charge < -0.3 is 14.8 Å². The predicted molar refractivity (Wildman–Crippen MR) is 83.2 cm³/mol. The van der Waals surface area contributed by atoms with Gasteiger partial charge in [-0.1, -0.05) is 11.6 Å². The third-order valence-electron chi connectivity index (χ3n) is 2.58. The number of benzene rings is 1. The van der Waals surface area contributed by atoms with E-state index in [4.69, 9.17) is 21.1 Å². The molecular formula is C14H18ClN3O4. The summed E-state index contributed by atoms with van der Waals surface area (Å²) in [7, 11) is 3.07. The number of hydrogen-bond acceptors (Lipinski definition) is 5. The van der Waals surface area contributed by atoms with Crippen molar-refractivity contribution >= 4 is 29.6 Å². The normalized spacial score (nSPS) is 10.5. The van der Waals surface area contributed by atoms with Crippen LogP contribution in [0.15, 0.2) is 23.3 Å². The Balaban J connectivity index is 2.49. The van der Waals surface area contributed by atoms with Crippen LogP contribution in [-0.4, -0.2) is 45.4 Å². The van der Waals surface area contributed by atoms with E-state index in [9.17, 15) is 9.59 Å². The van der Waals surface area contributed by atoms with Crippen LogP contribution in [0.3, 0.4) is 0 Å². The quantitative estimate of drug-likeness (QED) is 0.338. The summed E-state index contributed by atoms with van der Waals surface area (Å²) in [6.07, 6.45) is 1.97. The van der Waals surface area contributed by atoms with Crippen LogP contribution >= 0.6 is 11.6 Å². The summed E-state index contributed by atoms with van der Waals surface area (Å²) in [6.45, 7) is 0.862. The van der Waals surface area contributed by atoms with E-state index < -0.39 is 11.8 Å². The zero-order chi connectivity index (χ0) is 16.4. The molecule has 0 aliphatic rings. The Bertz CT molecular complexity index is 549. The number of carbonyl (C=O) groups excluding carboxylic acids is 2. The van der Waals surface area contributed by atoms with Gasteiger partial charge in [0.05, 0.1) is 13.3 Å². The number of nitrogens with zero attached hydrogens (tertiary/aromatic N) is 1. The van der Waals surface area contributed by atoms with Gasteiger partial charge in [0.25, 0.3) is 0 Å². The molecule has 0 unspecified atom stereocenters. The molecule has 7 nitrogen and oxygen atoms in total. The third-order valence-corrected chi connectivity index (χ3v) is 2.81. The molecule has 0 fully saturated rings. The van der Waals surface area contributed by atoms with Crippen LogP contribution in [0.4, 0.5) is 0 Å². The van der Waals surface area contributed by atoms with Crippen LogP contribution in [0, 0.1) is 0 Å². The molecule has 2 N–H and O–H groups in total. The standard InChI is InChI=1S/C14H18ClN3O4/c1-21-7-3-6-16-13(19)14(20)18-17-9-10-8-11(15)4-5-12(10)22-2/h4-5,8-9H,3,6-7H2,1-2H3,(H,16,19)(H,18,20)/b17-9-. The second kappa shape index (κ2) is 9.75. The lowest BCUT2D eigenvalue weighted by Crippen LogP contribution is -2.38. The molecule has 0 heterocycles. The van der Waals surface area contributed by atoms with Crippen molar-refractivity contribution in [2.75, 3.05) is 27.4 Å². The first-order chi connectivity index (χ1) is 10.6. The number of hydrogen-bond donors (Lipinski definition) is 2. The summed E-state index contributed by atoms with van der Waals surface area (Å²) in [4.78, 5) is 22.9. The third kappa shape index (κ3) is 6.11. The van der Waals surface area contributed by atoms with E-state index in [2.05, 4.69) is 15.8 Å². The van der Waals surface area contributed by atoms with E-state index in [1.807, 2.05) is 0 Å². The fourth-order valence-corrected chi connectivity index (χ4v) is 1.70. The number of nitrogens with one attached hydrogen (secondary N) is 2. The monoisotopic (exact) mass is 327 g/mol. The van der Waals surface area contributed by atoms with Gasteiger partial charge in [-0.2, -0.15) is 5.10 Å². The lowest BCUT2D eigenvalue weighted by molar-refractivity contribution is -0.139. The molecule has 0 aliphatic heterocycles. The average Bonchev–Trinajstić information content (AvgIpc) is 2.51. The van der Waals surface area contributed by atoms with E-state index in [1.54, 1.807) is 25.3 Å². The lowest BCUT2D eigenvalue weighted by Gasteiger charge is -2.05. The van der Waals surface area contributed by atoms with Gasteiger partial charge in [0, 0.05) is 30.8 Å². The minimum Gasteiger partial charge on any atom is -0.496 e. The van der Waals surface area contributed by atoms with Crippen molar-refractivity contribution in [3.8, 4) is 5.75 Å². The zero-order valence-corrected chi connectivity index (χ0v) is 13.1. The number of halogens is 1. The van der Waals surface area contributed by atoms with E-state index >= 15 is 0 Å². The van der Waals surface area contributed by atoms with Crippen molar-refractivity contribution in [1.82, 2.24) is 10.7 Å². The Labute approximate surface area is 133 Å². The summed E-state index contributed by atoms with van der Waals surface area (Å²) >= 11 is 5.87. The van der Waals surface area contributed by atoms with Gasteiger partial charge in [0.1, 0.15) is 5.75 Å². The minimum absolute atomic E-state index is 0.353. The number of rotatable bonds is 7. The predicted octanol–water partition coefficient (Wildman–Crippen LogP) is 0.951. The lowest BCUT2D eigenvalue weighted by atomic mass is 10.2. The van der Waals surface area contributed by atoms with Gasteiger partial charge in [0.15, 0.2) is 0 Å². The van der Waals surface area contributed by atoms with E-state index in [0.717, 1.165) is 0 Å². The number of ether oxygens (including phenoxy) is 2. The molecule has 2 amide bonds.